The van der Waals surface area contributed by atoms with E-state index >= 15 is 0 Å². The van der Waals surface area contributed by atoms with Crippen LogP contribution in [0.5, 0.6) is 5.75 Å². The number of phenols is 1. The molecule has 2 saturated carbocycles. The molecule has 6 rings (SSSR count). The van der Waals surface area contributed by atoms with E-state index in [1.807, 2.05) is 30.3 Å². The van der Waals surface area contributed by atoms with E-state index in [2.05, 4.69) is 27.0 Å². The average Bonchev–Trinajstić information content (AvgIpc) is 3.56. The Morgan fingerprint density at radius 3 is 2.38 bits per heavy atom. The fourth-order valence-electron chi connectivity index (χ4n) is 6.10. The smallest absolute Gasteiger partial charge is 0.224 e. The summed E-state index contributed by atoms with van der Waals surface area (Å²) in [6.07, 6.45) is 9.19. The number of anilines is 2. The lowest BCUT2D eigenvalue weighted by Gasteiger charge is -2.29. The van der Waals surface area contributed by atoms with E-state index in [1.165, 1.54) is 25.7 Å². The molecule has 2 atom stereocenters. The van der Waals surface area contributed by atoms with Gasteiger partial charge >= 0.3 is 0 Å². The molecule has 0 saturated heterocycles. The zero-order valence-corrected chi connectivity index (χ0v) is 21.1. The molecule has 0 spiro atoms. The zero-order chi connectivity index (χ0) is 25.4. The molecule has 2 unspecified atom stereocenters. The Labute approximate surface area is 217 Å². The predicted molar refractivity (Wildman–Crippen MR) is 147 cm³/mol. The highest BCUT2D eigenvalue weighted by atomic mass is 16.3. The van der Waals surface area contributed by atoms with Crippen molar-refractivity contribution in [3.63, 3.8) is 0 Å². The molecule has 8 heteroatoms. The summed E-state index contributed by atoms with van der Waals surface area (Å²) in [4.78, 5) is 14.4. The predicted octanol–water partition coefficient (Wildman–Crippen LogP) is 5.49. The summed E-state index contributed by atoms with van der Waals surface area (Å²) in [6.45, 7) is 0.571. The standard InChI is InChI=1S/C29H35N7O/c30-23-11-5-3-10-22(23)27-33-25-26(34-29(31)35-28(25)36(27)20-7-1-2-8-20)32-17-18-13-15-19(16-14-18)21-9-4-6-12-24(21)37/h4,6,9,12-16,20,22-23,37H,1-3,5,7-8,10-11,17,30H2,(H3,31,32,34,35). The number of nitrogens with two attached hydrogens (primary N) is 2. The first-order chi connectivity index (χ1) is 18.1. The lowest BCUT2D eigenvalue weighted by atomic mass is 9.84. The summed E-state index contributed by atoms with van der Waals surface area (Å²) in [5.41, 5.74) is 17.3. The Kier molecular flexibility index (Phi) is 6.42. The van der Waals surface area contributed by atoms with Gasteiger partial charge in [0.05, 0.1) is 0 Å². The van der Waals surface area contributed by atoms with Gasteiger partial charge in [0.25, 0.3) is 0 Å². The fraction of sp³-hybridized carbons (Fsp3) is 0.414. The molecular formula is C29H35N7O. The molecule has 2 aliphatic carbocycles. The van der Waals surface area contributed by atoms with Gasteiger partial charge in [-0.05, 0) is 42.9 Å². The molecule has 0 aliphatic heterocycles. The van der Waals surface area contributed by atoms with Gasteiger partial charge in [0.15, 0.2) is 17.0 Å². The molecule has 2 fully saturated rings. The van der Waals surface area contributed by atoms with Crippen LogP contribution in [0, 0.1) is 0 Å². The topological polar surface area (TPSA) is 128 Å². The number of nitrogens with one attached hydrogen (secondary N) is 1. The SMILES string of the molecule is Nc1nc(NCc2ccc(-c3ccccc3O)cc2)c2nc(C3CCCCC3N)n(C3CCCC3)c2n1. The van der Waals surface area contributed by atoms with Gasteiger partial charge in [-0.15, -0.1) is 0 Å². The Bertz CT molecular complexity index is 1390. The Morgan fingerprint density at radius 1 is 0.892 bits per heavy atom. The molecule has 0 amide bonds. The molecule has 37 heavy (non-hydrogen) atoms. The summed E-state index contributed by atoms with van der Waals surface area (Å²) in [7, 11) is 0. The number of hydrogen-bond acceptors (Lipinski definition) is 7. The van der Waals surface area contributed by atoms with Crippen LogP contribution >= 0.6 is 0 Å². The van der Waals surface area contributed by atoms with Crippen LogP contribution in [-0.2, 0) is 6.54 Å². The van der Waals surface area contributed by atoms with Gasteiger partial charge in [-0.2, -0.15) is 9.97 Å². The van der Waals surface area contributed by atoms with Crippen molar-refractivity contribution in [2.24, 2.45) is 5.73 Å². The lowest BCUT2D eigenvalue weighted by Crippen LogP contribution is -2.33. The quantitative estimate of drug-likeness (QED) is 0.277. The third-order valence-corrected chi connectivity index (χ3v) is 8.05. The first kappa shape index (κ1) is 23.7. The van der Waals surface area contributed by atoms with Crippen molar-refractivity contribution in [3.05, 3.63) is 59.9 Å². The van der Waals surface area contributed by atoms with E-state index in [0.29, 0.717) is 18.4 Å². The third-order valence-electron chi connectivity index (χ3n) is 8.05. The van der Waals surface area contributed by atoms with Crippen molar-refractivity contribution < 1.29 is 5.11 Å². The molecule has 4 aromatic rings. The number of aromatic nitrogens is 4. The Hall–Kier alpha value is -3.65. The number of phenolic OH excluding ortho intramolecular Hbond substituents is 1. The summed E-state index contributed by atoms with van der Waals surface area (Å²) >= 11 is 0. The van der Waals surface area contributed by atoms with Gasteiger partial charge in [-0.25, -0.2) is 4.98 Å². The normalized spacial score (nSPS) is 20.5. The largest absolute Gasteiger partial charge is 0.507 e. The van der Waals surface area contributed by atoms with Gasteiger partial charge in [-0.3, -0.25) is 0 Å². The van der Waals surface area contributed by atoms with Gasteiger partial charge in [-0.1, -0.05) is 68.1 Å². The van der Waals surface area contributed by atoms with Crippen LogP contribution < -0.4 is 16.8 Å². The minimum absolute atomic E-state index is 0.120. The second-order valence-corrected chi connectivity index (χ2v) is 10.5. The minimum Gasteiger partial charge on any atom is -0.507 e. The third kappa shape index (κ3) is 4.62. The van der Waals surface area contributed by atoms with Crippen molar-refractivity contribution in [3.8, 4) is 16.9 Å². The van der Waals surface area contributed by atoms with Crippen molar-refractivity contribution in [1.82, 2.24) is 19.5 Å². The molecule has 6 N–H and O–H groups in total. The van der Waals surface area contributed by atoms with Crippen LogP contribution in [-0.4, -0.2) is 30.7 Å². The van der Waals surface area contributed by atoms with Gasteiger partial charge in [0.1, 0.15) is 11.6 Å². The van der Waals surface area contributed by atoms with Gasteiger partial charge in [0.2, 0.25) is 5.95 Å². The molecular weight excluding hydrogens is 462 g/mol. The first-order valence-electron chi connectivity index (χ1n) is 13.5. The van der Waals surface area contributed by atoms with Crippen LogP contribution in [0.25, 0.3) is 22.3 Å². The number of nitrogens with zero attached hydrogens (tertiary/aromatic N) is 4. The second kappa shape index (κ2) is 10.0. The van der Waals surface area contributed by atoms with Crippen LogP contribution in [0.15, 0.2) is 48.5 Å². The Balaban J connectivity index is 1.32. The fourth-order valence-corrected chi connectivity index (χ4v) is 6.10. The maximum absolute atomic E-state index is 10.2. The average molecular weight is 498 g/mol. The zero-order valence-electron chi connectivity index (χ0n) is 21.1. The van der Waals surface area contributed by atoms with Crippen LogP contribution in [0.3, 0.4) is 0 Å². The van der Waals surface area contributed by atoms with Crippen LogP contribution in [0.1, 0.15) is 74.7 Å². The van der Waals surface area contributed by atoms with E-state index in [9.17, 15) is 5.11 Å². The highest BCUT2D eigenvalue weighted by Gasteiger charge is 2.33. The number of benzene rings is 2. The summed E-state index contributed by atoms with van der Waals surface area (Å²) in [6, 6.07) is 16.0. The first-order valence-corrected chi connectivity index (χ1v) is 13.5. The van der Waals surface area contributed by atoms with E-state index in [0.717, 1.165) is 59.4 Å². The molecule has 0 radical (unpaired) electrons. The monoisotopic (exact) mass is 497 g/mol. The minimum atomic E-state index is 0.120. The molecule has 2 aliphatic rings. The number of fused-ring (bicyclic) bond motifs is 1. The Morgan fingerprint density at radius 2 is 1.62 bits per heavy atom. The van der Waals surface area contributed by atoms with Crippen molar-refractivity contribution in [2.75, 3.05) is 11.1 Å². The van der Waals surface area contributed by atoms with Crippen molar-refractivity contribution >= 4 is 22.9 Å². The molecule has 2 aromatic heterocycles. The number of rotatable bonds is 6. The summed E-state index contributed by atoms with van der Waals surface area (Å²) < 4.78 is 2.35. The van der Waals surface area contributed by atoms with E-state index in [1.54, 1.807) is 6.07 Å². The summed E-state index contributed by atoms with van der Waals surface area (Å²) in [5.74, 6) is 2.49. The van der Waals surface area contributed by atoms with Gasteiger partial charge in [0, 0.05) is 30.1 Å². The van der Waals surface area contributed by atoms with Crippen LogP contribution in [0.4, 0.5) is 11.8 Å². The number of para-hydroxylation sites is 1. The lowest BCUT2D eigenvalue weighted by molar-refractivity contribution is 0.354. The van der Waals surface area contributed by atoms with Gasteiger partial charge < -0.3 is 26.5 Å². The molecule has 8 nitrogen and oxygen atoms in total. The van der Waals surface area contributed by atoms with Crippen molar-refractivity contribution in [1.29, 1.82) is 0 Å². The highest BCUT2D eigenvalue weighted by molar-refractivity contribution is 5.85. The second-order valence-electron chi connectivity index (χ2n) is 10.5. The number of aromatic hydroxyl groups is 1. The number of hydrogen-bond donors (Lipinski definition) is 4. The van der Waals surface area contributed by atoms with Crippen LogP contribution in [0.2, 0.25) is 0 Å². The number of nitrogen functional groups attached to an aromatic ring is 1. The maximum atomic E-state index is 10.2. The van der Waals surface area contributed by atoms with E-state index in [-0.39, 0.29) is 23.7 Å². The summed E-state index contributed by atoms with van der Waals surface area (Å²) in [5, 5.41) is 13.6. The molecule has 2 heterocycles. The van der Waals surface area contributed by atoms with E-state index < -0.39 is 0 Å². The molecule has 0 bridgehead atoms. The molecule has 192 valence electrons. The van der Waals surface area contributed by atoms with E-state index in [4.69, 9.17) is 21.4 Å². The number of imidazole rings is 1. The van der Waals surface area contributed by atoms with Crippen molar-refractivity contribution in [2.45, 2.75) is 75.9 Å². The maximum Gasteiger partial charge on any atom is 0.224 e. The molecule has 2 aromatic carbocycles. The highest BCUT2D eigenvalue weighted by Crippen LogP contribution is 2.40.